The number of piperidine rings is 1. The molecule has 0 aliphatic carbocycles. The van der Waals surface area contributed by atoms with E-state index >= 15 is 0 Å². The van der Waals surface area contributed by atoms with Crippen LogP contribution < -0.4 is 10.6 Å². The number of nitrogens with two attached hydrogens (primary N) is 1. The fourth-order valence-electron chi connectivity index (χ4n) is 2.09. The summed E-state index contributed by atoms with van der Waals surface area (Å²) < 4.78 is 0. The van der Waals surface area contributed by atoms with E-state index in [9.17, 15) is 4.79 Å². The topological polar surface area (TPSA) is 46.3 Å². The van der Waals surface area contributed by atoms with Gasteiger partial charge in [0.05, 0.1) is 0 Å². The molecule has 1 saturated heterocycles. The van der Waals surface area contributed by atoms with Crippen molar-refractivity contribution in [1.29, 1.82) is 0 Å². The molecule has 1 aliphatic heterocycles. The Kier molecular flexibility index (Phi) is 3.57. The summed E-state index contributed by atoms with van der Waals surface area (Å²) in [5, 5.41) is 0. The van der Waals surface area contributed by atoms with Gasteiger partial charge in [0, 0.05) is 18.7 Å². The average Bonchev–Trinajstić information content (AvgIpc) is 2.31. The van der Waals surface area contributed by atoms with Crippen LogP contribution in [-0.2, 0) is 11.2 Å². The summed E-state index contributed by atoms with van der Waals surface area (Å²) in [6.07, 6.45) is 3.72. The Bertz CT molecular complexity index is 359. The standard InChI is InChI=1S/C13H18N2O/c14-9-8-11-4-6-12(7-5-11)15-10-2-1-3-13(15)16/h4-7H,1-3,8-10,14H2. The van der Waals surface area contributed by atoms with Crippen molar-refractivity contribution in [2.24, 2.45) is 5.73 Å². The predicted octanol–water partition coefficient (Wildman–Crippen LogP) is 1.70. The van der Waals surface area contributed by atoms with Crippen LogP contribution in [0.4, 0.5) is 5.69 Å². The molecule has 0 bridgehead atoms. The molecule has 1 aromatic carbocycles. The van der Waals surface area contributed by atoms with Crippen molar-refractivity contribution in [1.82, 2.24) is 0 Å². The zero-order valence-electron chi connectivity index (χ0n) is 9.48. The van der Waals surface area contributed by atoms with Gasteiger partial charge < -0.3 is 10.6 Å². The van der Waals surface area contributed by atoms with Crippen LogP contribution in [-0.4, -0.2) is 19.0 Å². The highest BCUT2D eigenvalue weighted by Crippen LogP contribution is 2.21. The molecule has 3 nitrogen and oxygen atoms in total. The Morgan fingerprint density at radius 2 is 1.94 bits per heavy atom. The van der Waals surface area contributed by atoms with Crippen LogP contribution in [0, 0.1) is 0 Å². The molecule has 2 rings (SSSR count). The molecule has 1 aliphatic rings. The lowest BCUT2D eigenvalue weighted by atomic mass is 10.1. The zero-order valence-corrected chi connectivity index (χ0v) is 9.48. The van der Waals surface area contributed by atoms with Gasteiger partial charge in [-0.1, -0.05) is 12.1 Å². The second-order valence-electron chi connectivity index (χ2n) is 4.21. The first kappa shape index (κ1) is 11.1. The molecular weight excluding hydrogens is 200 g/mol. The van der Waals surface area contributed by atoms with Crippen LogP contribution in [0.25, 0.3) is 0 Å². The highest BCUT2D eigenvalue weighted by molar-refractivity contribution is 5.93. The summed E-state index contributed by atoms with van der Waals surface area (Å²) in [5.41, 5.74) is 7.75. The molecule has 1 amide bonds. The minimum atomic E-state index is 0.248. The van der Waals surface area contributed by atoms with E-state index in [-0.39, 0.29) is 5.91 Å². The molecule has 0 unspecified atom stereocenters. The molecule has 3 heteroatoms. The summed E-state index contributed by atoms with van der Waals surface area (Å²) in [6, 6.07) is 8.16. The Hall–Kier alpha value is -1.35. The maximum absolute atomic E-state index is 11.7. The van der Waals surface area contributed by atoms with E-state index in [1.54, 1.807) is 0 Å². The lowest BCUT2D eigenvalue weighted by Crippen LogP contribution is -2.35. The van der Waals surface area contributed by atoms with E-state index in [4.69, 9.17) is 5.73 Å². The maximum atomic E-state index is 11.7. The average molecular weight is 218 g/mol. The Morgan fingerprint density at radius 3 is 2.56 bits per heavy atom. The molecule has 16 heavy (non-hydrogen) atoms. The second-order valence-corrected chi connectivity index (χ2v) is 4.21. The minimum Gasteiger partial charge on any atom is -0.330 e. The molecule has 1 fully saturated rings. The number of benzene rings is 1. The number of amides is 1. The fourth-order valence-corrected chi connectivity index (χ4v) is 2.09. The molecule has 0 spiro atoms. The molecule has 0 atom stereocenters. The summed E-state index contributed by atoms with van der Waals surface area (Å²) >= 11 is 0. The van der Waals surface area contributed by atoms with E-state index in [1.807, 2.05) is 17.0 Å². The van der Waals surface area contributed by atoms with Gasteiger partial charge in [0.25, 0.3) is 0 Å². The quantitative estimate of drug-likeness (QED) is 0.839. The van der Waals surface area contributed by atoms with E-state index in [0.29, 0.717) is 13.0 Å². The first-order chi connectivity index (χ1) is 7.81. The van der Waals surface area contributed by atoms with Crippen molar-refractivity contribution in [3.8, 4) is 0 Å². The minimum absolute atomic E-state index is 0.248. The molecular formula is C13H18N2O. The largest absolute Gasteiger partial charge is 0.330 e. The lowest BCUT2D eigenvalue weighted by molar-refractivity contribution is -0.119. The van der Waals surface area contributed by atoms with Crippen molar-refractivity contribution in [2.75, 3.05) is 18.0 Å². The van der Waals surface area contributed by atoms with Crippen LogP contribution in [0.15, 0.2) is 24.3 Å². The SMILES string of the molecule is NCCc1ccc(N2CCCCC2=O)cc1. The third-order valence-corrected chi connectivity index (χ3v) is 3.00. The van der Waals surface area contributed by atoms with E-state index < -0.39 is 0 Å². The van der Waals surface area contributed by atoms with Gasteiger partial charge >= 0.3 is 0 Å². The number of carbonyl (C=O) groups excluding carboxylic acids is 1. The van der Waals surface area contributed by atoms with Gasteiger partial charge in [0.1, 0.15) is 0 Å². The second kappa shape index (κ2) is 5.12. The Labute approximate surface area is 96.2 Å². The van der Waals surface area contributed by atoms with Crippen LogP contribution >= 0.6 is 0 Å². The van der Waals surface area contributed by atoms with Crippen LogP contribution in [0.2, 0.25) is 0 Å². The van der Waals surface area contributed by atoms with Crippen LogP contribution in [0.5, 0.6) is 0 Å². The van der Waals surface area contributed by atoms with E-state index in [2.05, 4.69) is 12.1 Å². The third kappa shape index (κ3) is 2.42. The summed E-state index contributed by atoms with van der Waals surface area (Å²) in [4.78, 5) is 13.6. The molecule has 1 heterocycles. The van der Waals surface area contributed by atoms with Gasteiger partial charge in [-0.05, 0) is 43.5 Å². The summed E-state index contributed by atoms with van der Waals surface area (Å²) in [7, 11) is 0. The van der Waals surface area contributed by atoms with Crippen molar-refractivity contribution in [3.05, 3.63) is 29.8 Å². The van der Waals surface area contributed by atoms with E-state index in [0.717, 1.165) is 31.5 Å². The molecule has 0 aromatic heterocycles. The van der Waals surface area contributed by atoms with Crippen molar-refractivity contribution < 1.29 is 4.79 Å². The van der Waals surface area contributed by atoms with Gasteiger partial charge in [-0.25, -0.2) is 0 Å². The van der Waals surface area contributed by atoms with Crippen molar-refractivity contribution in [2.45, 2.75) is 25.7 Å². The highest BCUT2D eigenvalue weighted by atomic mass is 16.2. The number of hydrogen-bond donors (Lipinski definition) is 1. The summed E-state index contributed by atoms with van der Waals surface area (Å²) in [5.74, 6) is 0.248. The van der Waals surface area contributed by atoms with Gasteiger partial charge in [0.15, 0.2) is 0 Å². The predicted molar refractivity (Wildman–Crippen MR) is 65.4 cm³/mol. The lowest BCUT2D eigenvalue weighted by Gasteiger charge is -2.26. The Balaban J connectivity index is 2.11. The highest BCUT2D eigenvalue weighted by Gasteiger charge is 2.18. The van der Waals surface area contributed by atoms with Crippen LogP contribution in [0.3, 0.4) is 0 Å². The van der Waals surface area contributed by atoms with E-state index in [1.165, 1.54) is 5.56 Å². The zero-order chi connectivity index (χ0) is 11.4. The third-order valence-electron chi connectivity index (χ3n) is 3.00. The fraction of sp³-hybridized carbons (Fsp3) is 0.462. The van der Waals surface area contributed by atoms with Gasteiger partial charge in [-0.15, -0.1) is 0 Å². The molecule has 0 radical (unpaired) electrons. The normalized spacial score (nSPS) is 16.6. The molecule has 2 N–H and O–H groups in total. The van der Waals surface area contributed by atoms with Gasteiger partial charge in [0.2, 0.25) is 5.91 Å². The summed E-state index contributed by atoms with van der Waals surface area (Å²) in [6.45, 7) is 1.52. The number of nitrogens with zero attached hydrogens (tertiary/aromatic N) is 1. The van der Waals surface area contributed by atoms with Gasteiger partial charge in [-0.2, -0.15) is 0 Å². The number of anilines is 1. The number of hydrogen-bond acceptors (Lipinski definition) is 2. The smallest absolute Gasteiger partial charge is 0.226 e. The molecule has 86 valence electrons. The molecule has 1 aromatic rings. The number of carbonyl (C=O) groups is 1. The number of rotatable bonds is 3. The first-order valence-electron chi connectivity index (χ1n) is 5.90. The maximum Gasteiger partial charge on any atom is 0.226 e. The first-order valence-corrected chi connectivity index (χ1v) is 5.90. The van der Waals surface area contributed by atoms with Crippen molar-refractivity contribution >= 4 is 11.6 Å². The van der Waals surface area contributed by atoms with Crippen molar-refractivity contribution in [3.63, 3.8) is 0 Å². The molecule has 0 saturated carbocycles. The Morgan fingerprint density at radius 1 is 1.19 bits per heavy atom. The monoisotopic (exact) mass is 218 g/mol. The van der Waals surface area contributed by atoms with Gasteiger partial charge in [-0.3, -0.25) is 4.79 Å². The van der Waals surface area contributed by atoms with Crippen LogP contribution in [0.1, 0.15) is 24.8 Å².